The maximum Gasteiger partial charge on any atom is 0.406 e. The number of nitro groups is 1. The van der Waals surface area contributed by atoms with Crippen molar-refractivity contribution in [3.05, 3.63) is 50.5 Å². The normalized spacial score (nSPS) is 11.4. The minimum atomic E-state index is -4.65. The summed E-state index contributed by atoms with van der Waals surface area (Å²) in [4.78, 5) is 23.4. The zero-order chi connectivity index (χ0) is 18.6. The first-order valence-corrected chi connectivity index (χ1v) is 7.89. The van der Waals surface area contributed by atoms with Gasteiger partial charge in [-0.3, -0.25) is 14.9 Å². The number of hydrogen-bond acceptors (Lipinski definition) is 6. The number of hydrogen-bond donors (Lipinski definition) is 0. The van der Waals surface area contributed by atoms with Crippen LogP contribution in [0.1, 0.15) is 27.9 Å². The Morgan fingerprint density at radius 1 is 1.36 bits per heavy atom. The standard InChI is InChI=1S/C14H13F3N4O3S/c1-2-10-12(25-19-18-10)13(22)20(8-14(15,16)17)7-9-5-3-4-6-11(9)21(23)24/h3-6H,2,7-8H2,1H3. The van der Waals surface area contributed by atoms with Crippen LogP contribution in [0.5, 0.6) is 0 Å². The second-order valence-electron chi connectivity index (χ2n) is 5.06. The van der Waals surface area contributed by atoms with Crippen LogP contribution in [0.15, 0.2) is 24.3 Å². The molecular weight excluding hydrogens is 361 g/mol. The molecule has 1 aromatic heterocycles. The van der Waals surface area contributed by atoms with E-state index >= 15 is 0 Å². The molecule has 0 fully saturated rings. The molecule has 2 rings (SSSR count). The Bertz CT molecular complexity index is 779. The maximum absolute atomic E-state index is 12.9. The smallest absolute Gasteiger partial charge is 0.324 e. The largest absolute Gasteiger partial charge is 0.406 e. The molecule has 0 bridgehead atoms. The number of carbonyl (C=O) groups excluding carboxylic acids is 1. The average Bonchev–Trinajstić information content (AvgIpc) is 3.01. The van der Waals surface area contributed by atoms with Gasteiger partial charge in [0.05, 0.1) is 17.2 Å². The molecule has 1 heterocycles. The van der Waals surface area contributed by atoms with E-state index in [-0.39, 0.29) is 16.1 Å². The number of nitro benzene ring substituents is 1. The fourth-order valence-electron chi connectivity index (χ4n) is 2.19. The summed E-state index contributed by atoms with van der Waals surface area (Å²) in [7, 11) is 0. The summed E-state index contributed by atoms with van der Waals surface area (Å²) in [5, 5.41) is 14.8. The number of amides is 1. The Morgan fingerprint density at radius 3 is 2.64 bits per heavy atom. The first-order chi connectivity index (χ1) is 11.7. The van der Waals surface area contributed by atoms with E-state index in [1.807, 2.05) is 0 Å². The van der Waals surface area contributed by atoms with Crippen LogP contribution in [-0.2, 0) is 13.0 Å². The molecule has 25 heavy (non-hydrogen) atoms. The van der Waals surface area contributed by atoms with Crippen LogP contribution in [0.3, 0.4) is 0 Å². The highest BCUT2D eigenvalue weighted by atomic mass is 32.1. The molecule has 11 heteroatoms. The van der Waals surface area contributed by atoms with Crippen LogP contribution in [0.4, 0.5) is 18.9 Å². The van der Waals surface area contributed by atoms with Gasteiger partial charge in [-0.15, -0.1) is 5.10 Å². The number of aryl methyl sites for hydroxylation is 1. The van der Waals surface area contributed by atoms with Crippen LogP contribution in [0.2, 0.25) is 0 Å². The van der Waals surface area contributed by atoms with Gasteiger partial charge in [0, 0.05) is 11.6 Å². The summed E-state index contributed by atoms with van der Waals surface area (Å²) >= 11 is 0.704. The lowest BCUT2D eigenvalue weighted by atomic mass is 10.1. The molecule has 0 spiro atoms. The second kappa shape index (κ2) is 7.55. The number of benzene rings is 1. The minimum absolute atomic E-state index is 0.00494. The van der Waals surface area contributed by atoms with E-state index in [4.69, 9.17) is 0 Å². The van der Waals surface area contributed by atoms with Gasteiger partial charge in [-0.2, -0.15) is 13.2 Å². The summed E-state index contributed by atoms with van der Waals surface area (Å²) in [6.07, 6.45) is -4.31. The lowest BCUT2D eigenvalue weighted by Gasteiger charge is -2.23. The Kier molecular flexibility index (Phi) is 5.67. The molecule has 0 radical (unpaired) electrons. The van der Waals surface area contributed by atoms with E-state index < -0.39 is 30.1 Å². The molecule has 0 unspecified atom stereocenters. The van der Waals surface area contributed by atoms with Crippen molar-refractivity contribution in [1.29, 1.82) is 0 Å². The maximum atomic E-state index is 12.9. The van der Waals surface area contributed by atoms with Crippen molar-refractivity contribution in [2.75, 3.05) is 6.54 Å². The Hall–Kier alpha value is -2.56. The quantitative estimate of drug-likeness (QED) is 0.572. The number of para-hydroxylation sites is 1. The van der Waals surface area contributed by atoms with E-state index in [2.05, 4.69) is 9.59 Å². The molecule has 0 atom stereocenters. The molecule has 0 saturated carbocycles. The van der Waals surface area contributed by atoms with Crippen LogP contribution < -0.4 is 0 Å². The van der Waals surface area contributed by atoms with E-state index in [1.165, 1.54) is 24.3 Å². The van der Waals surface area contributed by atoms with Crippen molar-refractivity contribution in [2.24, 2.45) is 0 Å². The number of alkyl halides is 3. The van der Waals surface area contributed by atoms with Gasteiger partial charge >= 0.3 is 6.18 Å². The summed E-state index contributed by atoms with van der Waals surface area (Å²) in [6.45, 7) is -0.376. The van der Waals surface area contributed by atoms with Crippen molar-refractivity contribution in [2.45, 2.75) is 26.1 Å². The van der Waals surface area contributed by atoms with E-state index in [1.54, 1.807) is 6.92 Å². The van der Waals surface area contributed by atoms with Crippen LogP contribution >= 0.6 is 11.5 Å². The number of rotatable bonds is 6. The van der Waals surface area contributed by atoms with Gasteiger partial charge in [0.25, 0.3) is 11.6 Å². The van der Waals surface area contributed by atoms with Crippen molar-refractivity contribution in [3.8, 4) is 0 Å². The monoisotopic (exact) mass is 374 g/mol. The molecule has 1 aromatic carbocycles. The average molecular weight is 374 g/mol. The third kappa shape index (κ3) is 4.72. The highest BCUT2D eigenvalue weighted by Gasteiger charge is 2.35. The van der Waals surface area contributed by atoms with Gasteiger partial charge in [-0.05, 0) is 18.0 Å². The lowest BCUT2D eigenvalue weighted by molar-refractivity contribution is -0.385. The Labute approximate surface area is 144 Å². The summed E-state index contributed by atoms with van der Waals surface area (Å²) in [5.41, 5.74) is -0.0361. The number of carbonyl (C=O) groups is 1. The van der Waals surface area contributed by atoms with Crippen molar-refractivity contribution >= 4 is 23.1 Å². The third-order valence-corrected chi connectivity index (χ3v) is 4.05. The molecule has 7 nitrogen and oxygen atoms in total. The summed E-state index contributed by atoms with van der Waals surface area (Å²) < 4.78 is 42.3. The van der Waals surface area contributed by atoms with Crippen molar-refractivity contribution < 1.29 is 22.9 Å². The summed E-state index contributed by atoms with van der Waals surface area (Å²) in [5.74, 6) is -0.901. The fraction of sp³-hybridized carbons (Fsp3) is 0.357. The third-order valence-electron chi connectivity index (χ3n) is 3.29. The van der Waals surface area contributed by atoms with Gasteiger partial charge in [0.1, 0.15) is 11.4 Å². The van der Waals surface area contributed by atoms with Crippen molar-refractivity contribution in [1.82, 2.24) is 14.5 Å². The fourth-order valence-corrected chi connectivity index (χ4v) is 2.91. The molecule has 0 saturated heterocycles. The molecular formula is C14H13F3N4O3S. The van der Waals surface area contributed by atoms with E-state index in [0.717, 1.165) is 0 Å². The second-order valence-corrected chi connectivity index (χ2v) is 5.82. The molecule has 0 N–H and O–H groups in total. The summed E-state index contributed by atoms with van der Waals surface area (Å²) in [6, 6.07) is 5.36. The molecule has 1 amide bonds. The van der Waals surface area contributed by atoms with Crippen LogP contribution in [0, 0.1) is 10.1 Å². The van der Waals surface area contributed by atoms with Gasteiger partial charge in [0.2, 0.25) is 0 Å². The predicted octanol–water partition coefficient (Wildman–Crippen LogP) is 3.21. The minimum Gasteiger partial charge on any atom is -0.324 e. The molecule has 0 aliphatic heterocycles. The first kappa shape index (κ1) is 18.8. The number of halogens is 3. The molecule has 0 aliphatic rings. The van der Waals surface area contributed by atoms with E-state index in [0.29, 0.717) is 28.5 Å². The zero-order valence-corrected chi connectivity index (χ0v) is 13.8. The van der Waals surface area contributed by atoms with Crippen LogP contribution in [-0.4, -0.2) is 38.0 Å². The Balaban J connectivity index is 2.37. The predicted molar refractivity (Wildman–Crippen MR) is 83.2 cm³/mol. The highest BCUT2D eigenvalue weighted by Crippen LogP contribution is 2.25. The topological polar surface area (TPSA) is 89.2 Å². The number of aromatic nitrogens is 2. The first-order valence-electron chi connectivity index (χ1n) is 7.12. The van der Waals surface area contributed by atoms with Crippen molar-refractivity contribution in [3.63, 3.8) is 0 Å². The van der Waals surface area contributed by atoms with Gasteiger partial charge in [0.15, 0.2) is 0 Å². The van der Waals surface area contributed by atoms with Gasteiger partial charge in [-0.1, -0.05) is 29.6 Å². The zero-order valence-electron chi connectivity index (χ0n) is 13.0. The molecule has 2 aromatic rings. The van der Waals surface area contributed by atoms with Gasteiger partial charge in [-0.25, -0.2) is 0 Å². The molecule has 134 valence electrons. The SMILES string of the molecule is CCc1nnsc1C(=O)N(Cc1ccccc1[N+](=O)[O-])CC(F)(F)F. The Morgan fingerprint density at radius 2 is 2.04 bits per heavy atom. The lowest BCUT2D eigenvalue weighted by Crippen LogP contribution is -2.38. The van der Waals surface area contributed by atoms with Gasteiger partial charge < -0.3 is 4.90 Å². The number of nitrogens with zero attached hydrogens (tertiary/aromatic N) is 4. The van der Waals surface area contributed by atoms with Crippen LogP contribution in [0.25, 0.3) is 0 Å². The highest BCUT2D eigenvalue weighted by molar-refractivity contribution is 7.08. The van der Waals surface area contributed by atoms with E-state index in [9.17, 15) is 28.1 Å². The molecule has 0 aliphatic carbocycles.